The van der Waals surface area contributed by atoms with E-state index in [-0.39, 0.29) is 11.5 Å². The number of hydrogen-bond acceptors (Lipinski definition) is 4. The first-order chi connectivity index (χ1) is 18.5. The summed E-state index contributed by atoms with van der Waals surface area (Å²) < 4.78 is 11.3. The van der Waals surface area contributed by atoms with E-state index in [0.29, 0.717) is 23.1 Å². The molecule has 1 heterocycles. The van der Waals surface area contributed by atoms with Gasteiger partial charge in [0.1, 0.15) is 17.1 Å². The van der Waals surface area contributed by atoms with Crippen LogP contribution in [0.3, 0.4) is 0 Å². The Labute approximate surface area is 227 Å². The molecule has 4 aromatic rings. The molecule has 1 aliphatic carbocycles. The Hall–Kier alpha value is -3.83. The van der Waals surface area contributed by atoms with Crippen molar-refractivity contribution in [2.75, 3.05) is 13.7 Å². The van der Waals surface area contributed by atoms with Crippen LogP contribution in [0.2, 0.25) is 5.02 Å². The fourth-order valence-electron chi connectivity index (χ4n) is 4.61. The maximum absolute atomic E-state index is 11.8. The predicted molar refractivity (Wildman–Crippen MR) is 152 cm³/mol. The number of ether oxygens (including phenoxy) is 2. The molecule has 1 aromatic heterocycles. The highest BCUT2D eigenvalue weighted by atomic mass is 35.5. The highest BCUT2D eigenvalue weighted by Crippen LogP contribution is 2.37. The molecule has 0 saturated heterocycles. The van der Waals surface area contributed by atoms with Crippen LogP contribution in [0, 0.1) is 5.92 Å². The lowest BCUT2D eigenvalue weighted by Crippen LogP contribution is -2.13. The molecule has 0 radical (unpaired) electrons. The van der Waals surface area contributed by atoms with Crippen molar-refractivity contribution in [1.29, 1.82) is 0 Å². The molecule has 0 aliphatic heterocycles. The molecule has 5 rings (SSSR count). The SMILES string of the molecule is COc1ccc(OC[C@H](CCC2CC2)c2cccc(/C=C/c3ccc4ccc(Cl)cc4n3)c2)c(C(=O)O)c1. The van der Waals surface area contributed by atoms with E-state index in [1.54, 1.807) is 12.1 Å². The molecule has 5 nitrogen and oxygen atoms in total. The lowest BCUT2D eigenvalue weighted by Gasteiger charge is -2.20. The highest BCUT2D eigenvalue weighted by Gasteiger charge is 2.24. The standard InChI is InChI=1S/C32H30ClNO4/c1-37-28-15-16-31(29(19-28)32(35)36)38-20-25(9-7-21-5-6-21)24-4-2-3-22(17-24)8-13-27-14-11-23-10-12-26(33)18-30(23)34-27/h2-4,8,10-19,21,25H,5-7,9,20H2,1H3,(H,35,36)/b13-8+/t25-/m0/s1. The summed E-state index contributed by atoms with van der Waals surface area (Å²) >= 11 is 6.14. The topological polar surface area (TPSA) is 68.7 Å². The summed E-state index contributed by atoms with van der Waals surface area (Å²) in [5.74, 6) is 0.749. The third-order valence-corrected chi connectivity index (χ3v) is 7.22. The van der Waals surface area contributed by atoms with Gasteiger partial charge in [0.2, 0.25) is 0 Å². The van der Waals surface area contributed by atoms with E-state index in [2.05, 4.69) is 30.3 Å². The Bertz CT molecular complexity index is 1480. The first kappa shape index (κ1) is 25.8. The van der Waals surface area contributed by atoms with Crippen molar-refractivity contribution in [3.63, 3.8) is 0 Å². The van der Waals surface area contributed by atoms with E-state index in [9.17, 15) is 9.90 Å². The number of fused-ring (bicyclic) bond motifs is 1. The minimum absolute atomic E-state index is 0.103. The van der Waals surface area contributed by atoms with Gasteiger partial charge in [-0.1, -0.05) is 66.9 Å². The van der Waals surface area contributed by atoms with Crippen molar-refractivity contribution in [3.05, 3.63) is 100 Å². The smallest absolute Gasteiger partial charge is 0.339 e. The zero-order valence-electron chi connectivity index (χ0n) is 21.3. The first-order valence-corrected chi connectivity index (χ1v) is 13.2. The van der Waals surface area contributed by atoms with Gasteiger partial charge in [-0.3, -0.25) is 0 Å². The molecule has 1 atom stereocenters. The maximum Gasteiger partial charge on any atom is 0.339 e. The van der Waals surface area contributed by atoms with Gasteiger partial charge in [0.05, 0.1) is 24.9 Å². The lowest BCUT2D eigenvalue weighted by atomic mass is 9.92. The van der Waals surface area contributed by atoms with E-state index in [1.165, 1.54) is 31.6 Å². The average Bonchev–Trinajstić information content (AvgIpc) is 3.76. The van der Waals surface area contributed by atoms with Crippen LogP contribution in [-0.2, 0) is 0 Å². The van der Waals surface area contributed by atoms with Crippen LogP contribution in [0.4, 0.5) is 0 Å². The summed E-state index contributed by atoms with van der Waals surface area (Å²) in [6.45, 7) is 0.402. The number of aromatic nitrogens is 1. The average molecular weight is 528 g/mol. The van der Waals surface area contributed by atoms with Gasteiger partial charge in [-0.2, -0.15) is 0 Å². The van der Waals surface area contributed by atoms with Gasteiger partial charge < -0.3 is 14.6 Å². The van der Waals surface area contributed by atoms with Crippen molar-refractivity contribution in [2.24, 2.45) is 5.92 Å². The van der Waals surface area contributed by atoms with Gasteiger partial charge in [0.25, 0.3) is 0 Å². The van der Waals surface area contributed by atoms with Gasteiger partial charge in [-0.05, 0) is 72.4 Å². The van der Waals surface area contributed by atoms with Crippen molar-refractivity contribution < 1.29 is 19.4 Å². The second-order valence-electron chi connectivity index (χ2n) is 9.77. The summed E-state index contributed by atoms with van der Waals surface area (Å²) in [5.41, 5.74) is 4.08. The van der Waals surface area contributed by atoms with Crippen LogP contribution >= 0.6 is 11.6 Å². The van der Waals surface area contributed by atoms with Gasteiger partial charge in [0, 0.05) is 16.3 Å². The third kappa shape index (κ3) is 6.53. The molecule has 38 heavy (non-hydrogen) atoms. The number of methoxy groups -OCH3 is 1. The molecule has 1 aliphatic rings. The maximum atomic E-state index is 11.8. The molecule has 3 aromatic carbocycles. The quantitative estimate of drug-likeness (QED) is 0.213. The first-order valence-electron chi connectivity index (χ1n) is 12.9. The Kier molecular flexibility index (Phi) is 7.94. The van der Waals surface area contributed by atoms with Gasteiger partial charge in [0.15, 0.2) is 0 Å². The van der Waals surface area contributed by atoms with E-state index in [1.807, 2.05) is 36.4 Å². The molecule has 1 fully saturated rings. The zero-order valence-corrected chi connectivity index (χ0v) is 22.0. The van der Waals surface area contributed by atoms with Crippen LogP contribution in [-0.4, -0.2) is 29.8 Å². The van der Waals surface area contributed by atoms with Crippen molar-refractivity contribution >= 4 is 40.6 Å². The number of carbonyl (C=O) groups is 1. The van der Waals surface area contributed by atoms with E-state index < -0.39 is 5.97 Å². The predicted octanol–water partition coefficient (Wildman–Crippen LogP) is 8.12. The summed E-state index contributed by atoms with van der Waals surface area (Å²) in [6, 6.07) is 23.1. The number of carboxylic acids is 1. The molecule has 0 bridgehead atoms. The molecular weight excluding hydrogens is 498 g/mol. The molecule has 1 saturated carbocycles. The molecule has 0 amide bonds. The summed E-state index contributed by atoms with van der Waals surface area (Å²) in [6.07, 6.45) is 8.79. The van der Waals surface area contributed by atoms with Gasteiger partial charge in [-0.25, -0.2) is 9.78 Å². The molecule has 0 spiro atoms. The summed E-state index contributed by atoms with van der Waals surface area (Å²) in [5, 5.41) is 11.4. The largest absolute Gasteiger partial charge is 0.497 e. The lowest BCUT2D eigenvalue weighted by molar-refractivity contribution is 0.0691. The Morgan fingerprint density at radius 1 is 1.08 bits per heavy atom. The number of hydrogen-bond donors (Lipinski definition) is 1. The second-order valence-corrected chi connectivity index (χ2v) is 10.2. The summed E-state index contributed by atoms with van der Waals surface area (Å²) in [4.78, 5) is 16.5. The minimum Gasteiger partial charge on any atom is -0.497 e. The molecule has 0 unspecified atom stereocenters. The van der Waals surface area contributed by atoms with Crippen molar-refractivity contribution in [1.82, 2.24) is 4.98 Å². The fraction of sp³-hybridized carbons (Fsp3) is 0.250. The number of aromatic carboxylic acids is 1. The normalized spacial score (nSPS) is 14.1. The number of pyridine rings is 1. The molecular formula is C32H30ClNO4. The van der Waals surface area contributed by atoms with Crippen LogP contribution in [0.1, 0.15) is 58.8 Å². The fourth-order valence-corrected chi connectivity index (χ4v) is 4.77. The van der Waals surface area contributed by atoms with Gasteiger partial charge in [-0.15, -0.1) is 0 Å². The number of rotatable bonds is 11. The number of benzene rings is 3. The van der Waals surface area contributed by atoms with Crippen LogP contribution in [0.15, 0.2) is 72.8 Å². The van der Waals surface area contributed by atoms with Crippen molar-refractivity contribution in [2.45, 2.75) is 31.6 Å². The van der Waals surface area contributed by atoms with E-state index in [0.717, 1.165) is 40.9 Å². The zero-order chi connectivity index (χ0) is 26.5. The minimum atomic E-state index is -1.04. The highest BCUT2D eigenvalue weighted by molar-refractivity contribution is 6.31. The van der Waals surface area contributed by atoms with E-state index >= 15 is 0 Å². The van der Waals surface area contributed by atoms with Crippen LogP contribution < -0.4 is 9.47 Å². The summed E-state index contributed by atoms with van der Waals surface area (Å²) in [7, 11) is 1.52. The van der Waals surface area contributed by atoms with Crippen LogP contribution in [0.5, 0.6) is 11.5 Å². The number of halogens is 1. The number of carboxylic acid groups (broad SMARTS) is 1. The second kappa shape index (κ2) is 11.7. The van der Waals surface area contributed by atoms with E-state index in [4.69, 9.17) is 26.1 Å². The molecule has 194 valence electrons. The van der Waals surface area contributed by atoms with Crippen LogP contribution in [0.25, 0.3) is 23.1 Å². The van der Waals surface area contributed by atoms with Gasteiger partial charge >= 0.3 is 5.97 Å². The molecule has 6 heteroatoms. The molecule has 1 N–H and O–H groups in total. The Morgan fingerprint density at radius 3 is 2.71 bits per heavy atom. The monoisotopic (exact) mass is 527 g/mol. The third-order valence-electron chi connectivity index (χ3n) is 6.98. The Morgan fingerprint density at radius 2 is 1.92 bits per heavy atom. The van der Waals surface area contributed by atoms with Crippen molar-refractivity contribution in [3.8, 4) is 11.5 Å². The Balaban J connectivity index is 1.34. The number of nitrogens with zero attached hydrogens (tertiary/aromatic N) is 1.